The molecule has 126 valence electrons. The molecular weight excluding hydrogens is 294 g/mol. The summed E-state index contributed by atoms with van der Waals surface area (Å²) < 4.78 is 7.02. The molecule has 1 aromatic rings. The fourth-order valence-electron chi connectivity index (χ4n) is 4.17. The lowest BCUT2D eigenvalue weighted by atomic mass is 9.90. The second kappa shape index (κ2) is 6.34. The number of hydrogen-bond donors (Lipinski definition) is 2. The Morgan fingerprint density at radius 2 is 2.04 bits per heavy atom. The molecule has 0 bridgehead atoms. The highest BCUT2D eigenvalue weighted by Crippen LogP contribution is 2.28. The highest BCUT2D eigenvalue weighted by Gasteiger charge is 2.31. The normalized spacial score (nSPS) is 33.8. The third-order valence-corrected chi connectivity index (χ3v) is 5.53. The highest BCUT2D eigenvalue weighted by molar-refractivity contribution is 5.22. The van der Waals surface area contributed by atoms with Gasteiger partial charge in [-0.2, -0.15) is 5.10 Å². The highest BCUT2D eigenvalue weighted by atomic mass is 16.5. The molecule has 2 aliphatic carbocycles. The minimum absolute atomic E-state index is 0.0531. The monoisotopic (exact) mass is 319 g/mol. The summed E-state index contributed by atoms with van der Waals surface area (Å²) in [6.45, 7) is 1.02. The number of fused-ring (bicyclic) bond motifs is 1. The molecular formula is C17H25N3O3. The Labute approximate surface area is 135 Å². The summed E-state index contributed by atoms with van der Waals surface area (Å²) in [7, 11) is 0. The molecule has 3 aliphatic rings. The molecule has 6 nitrogen and oxygen atoms in total. The van der Waals surface area contributed by atoms with Crippen LogP contribution in [0, 0.1) is 0 Å². The van der Waals surface area contributed by atoms with E-state index in [4.69, 9.17) is 4.74 Å². The lowest BCUT2D eigenvalue weighted by Gasteiger charge is -2.32. The van der Waals surface area contributed by atoms with Crippen LogP contribution in [0.2, 0.25) is 0 Å². The van der Waals surface area contributed by atoms with E-state index in [1.165, 1.54) is 0 Å². The van der Waals surface area contributed by atoms with Crippen LogP contribution in [-0.4, -0.2) is 46.3 Å². The van der Waals surface area contributed by atoms with E-state index in [0.29, 0.717) is 19.3 Å². The number of nitrogens with zero attached hydrogens (tertiary/aromatic N) is 2. The second-order valence-corrected chi connectivity index (χ2v) is 7.14. The van der Waals surface area contributed by atoms with E-state index in [1.807, 2.05) is 0 Å². The smallest absolute Gasteiger partial charge is 0.267 e. The fourth-order valence-corrected chi connectivity index (χ4v) is 4.17. The van der Waals surface area contributed by atoms with Crippen LogP contribution in [-0.2, 0) is 17.6 Å². The molecule has 2 heterocycles. The van der Waals surface area contributed by atoms with Crippen LogP contribution in [0.15, 0.2) is 10.9 Å². The molecule has 0 radical (unpaired) electrons. The Morgan fingerprint density at radius 1 is 1.22 bits per heavy atom. The molecule has 23 heavy (non-hydrogen) atoms. The van der Waals surface area contributed by atoms with Gasteiger partial charge in [0.2, 0.25) is 0 Å². The minimum atomic E-state index is -0.395. The van der Waals surface area contributed by atoms with E-state index in [2.05, 4.69) is 10.4 Å². The van der Waals surface area contributed by atoms with Gasteiger partial charge in [0.05, 0.1) is 37.1 Å². The van der Waals surface area contributed by atoms with Crippen molar-refractivity contribution in [3.8, 4) is 0 Å². The van der Waals surface area contributed by atoms with Crippen LogP contribution >= 0.6 is 0 Å². The Kier molecular flexibility index (Phi) is 4.22. The number of aliphatic hydroxyl groups is 1. The van der Waals surface area contributed by atoms with Gasteiger partial charge in [0.25, 0.3) is 5.56 Å². The van der Waals surface area contributed by atoms with Crippen molar-refractivity contribution in [3.05, 3.63) is 27.7 Å². The van der Waals surface area contributed by atoms with E-state index >= 15 is 0 Å². The largest absolute Gasteiger partial charge is 0.389 e. The first-order valence-electron chi connectivity index (χ1n) is 8.84. The number of aliphatic hydroxyl groups excluding tert-OH is 1. The van der Waals surface area contributed by atoms with E-state index in [9.17, 15) is 9.90 Å². The predicted octanol–water partition coefficient (Wildman–Crippen LogP) is 0.565. The van der Waals surface area contributed by atoms with Gasteiger partial charge in [0.15, 0.2) is 0 Å². The molecule has 2 N–H and O–H groups in total. The van der Waals surface area contributed by atoms with Gasteiger partial charge in [-0.1, -0.05) is 0 Å². The third-order valence-electron chi connectivity index (χ3n) is 5.53. The van der Waals surface area contributed by atoms with Gasteiger partial charge >= 0.3 is 0 Å². The summed E-state index contributed by atoms with van der Waals surface area (Å²) in [5.41, 5.74) is 2.33. The quantitative estimate of drug-likeness (QED) is 0.852. The number of ether oxygens (including phenoxy) is 1. The zero-order chi connectivity index (χ0) is 15.8. The number of nitrogens with one attached hydrogen (secondary N) is 1. The van der Waals surface area contributed by atoms with E-state index in [-0.39, 0.29) is 17.6 Å². The fraction of sp³-hybridized carbons (Fsp3) is 0.765. The van der Waals surface area contributed by atoms with Gasteiger partial charge in [-0.25, -0.2) is 4.68 Å². The van der Waals surface area contributed by atoms with Crippen molar-refractivity contribution in [2.45, 2.75) is 69.2 Å². The van der Waals surface area contributed by atoms with Crippen LogP contribution < -0.4 is 10.9 Å². The van der Waals surface area contributed by atoms with Crippen LogP contribution in [0.25, 0.3) is 0 Å². The first kappa shape index (κ1) is 15.3. The Hall–Kier alpha value is -1.24. The molecule has 1 aromatic heterocycles. The third kappa shape index (κ3) is 3.07. The van der Waals surface area contributed by atoms with E-state index in [1.54, 1.807) is 10.7 Å². The van der Waals surface area contributed by atoms with Gasteiger partial charge < -0.3 is 15.2 Å². The first-order valence-corrected chi connectivity index (χ1v) is 8.84. The number of hydrogen-bond acceptors (Lipinski definition) is 5. The summed E-state index contributed by atoms with van der Waals surface area (Å²) >= 11 is 0. The Morgan fingerprint density at radius 3 is 2.78 bits per heavy atom. The maximum absolute atomic E-state index is 12.3. The number of aromatic nitrogens is 2. The maximum atomic E-state index is 12.3. The lowest BCUT2D eigenvalue weighted by molar-refractivity contribution is 0.119. The average molecular weight is 319 g/mol. The maximum Gasteiger partial charge on any atom is 0.267 e. The van der Waals surface area contributed by atoms with Crippen molar-refractivity contribution in [2.75, 3.05) is 13.2 Å². The zero-order valence-corrected chi connectivity index (χ0v) is 13.4. The lowest BCUT2D eigenvalue weighted by Crippen LogP contribution is -2.46. The summed E-state index contributed by atoms with van der Waals surface area (Å²) in [6.07, 6.45) is 6.69. The van der Waals surface area contributed by atoms with Crippen molar-refractivity contribution in [1.29, 1.82) is 0 Å². The van der Waals surface area contributed by atoms with Crippen molar-refractivity contribution >= 4 is 0 Å². The van der Waals surface area contributed by atoms with Crippen LogP contribution in [0.4, 0.5) is 0 Å². The van der Waals surface area contributed by atoms with Crippen LogP contribution in [0.3, 0.4) is 0 Å². The summed E-state index contributed by atoms with van der Waals surface area (Å²) in [5.74, 6) is 0. The molecule has 1 aliphatic heterocycles. The average Bonchev–Trinajstić information content (AvgIpc) is 3.16. The standard InChI is InChI=1S/C17H25N3O3/c21-16-10-23-9-15(16)18-12-4-6-13(7-5-12)20-17(22)8-11-2-1-3-14(11)19-20/h8,12-13,15-16,18,21H,1-7,9-10H2. The van der Waals surface area contributed by atoms with Gasteiger partial charge in [-0.15, -0.1) is 0 Å². The minimum Gasteiger partial charge on any atom is -0.389 e. The number of rotatable bonds is 3. The second-order valence-electron chi connectivity index (χ2n) is 7.14. The molecule has 0 amide bonds. The molecule has 6 heteroatoms. The van der Waals surface area contributed by atoms with E-state index in [0.717, 1.165) is 56.2 Å². The Bertz CT molecular complexity index is 622. The molecule has 4 rings (SSSR count). The molecule has 1 saturated heterocycles. The van der Waals surface area contributed by atoms with Crippen molar-refractivity contribution in [2.24, 2.45) is 0 Å². The summed E-state index contributed by atoms with van der Waals surface area (Å²) in [6, 6.07) is 2.47. The summed E-state index contributed by atoms with van der Waals surface area (Å²) in [4.78, 5) is 12.3. The zero-order valence-electron chi connectivity index (χ0n) is 13.4. The molecule has 0 spiro atoms. The molecule has 2 atom stereocenters. The molecule has 2 unspecified atom stereocenters. The van der Waals surface area contributed by atoms with Crippen LogP contribution in [0.1, 0.15) is 49.4 Å². The van der Waals surface area contributed by atoms with E-state index < -0.39 is 6.10 Å². The first-order chi connectivity index (χ1) is 11.2. The van der Waals surface area contributed by atoms with Crippen molar-refractivity contribution in [1.82, 2.24) is 15.1 Å². The number of aryl methyl sites for hydroxylation is 2. The predicted molar refractivity (Wildman–Crippen MR) is 85.6 cm³/mol. The molecule has 0 aromatic carbocycles. The van der Waals surface area contributed by atoms with Gasteiger partial charge in [-0.3, -0.25) is 4.79 Å². The van der Waals surface area contributed by atoms with Crippen LogP contribution in [0.5, 0.6) is 0 Å². The van der Waals surface area contributed by atoms with Gasteiger partial charge in [-0.05, 0) is 50.5 Å². The Balaban J connectivity index is 1.39. The van der Waals surface area contributed by atoms with Crippen molar-refractivity contribution < 1.29 is 9.84 Å². The van der Waals surface area contributed by atoms with Crippen molar-refractivity contribution in [3.63, 3.8) is 0 Å². The topological polar surface area (TPSA) is 76.4 Å². The molecule has 2 fully saturated rings. The summed E-state index contributed by atoms with van der Waals surface area (Å²) in [5, 5.41) is 18.0. The van der Waals surface area contributed by atoms with Gasteiger partial charge in [0, 0.05) is 12.1 Å². The SMILES string of the molecule is O=c1cc2c(nn1C1CCC(NC3COCC3O)CC1)CCC2. The van der Waals surface area contributed by atoms with Gasteiger partial charge in [0.1, 0.15) is 0 Å². The molecule has 1 saturated carbocycles.